The van der Waals surface area contributed by atoms with E-state index in [2.05, 4.69) is 25.6 Å². The second-order valence-electron chi connectivity index (χ2n) is 4.46. The van der Waals surface area contributed by atoms with Crippen LogP contribution in [0.5, 0.6) is 0 Å². The Morgan fingerprint density at radius 1 is 0.862 bits per heavy atom. The van der Waals surface area contributed by atoms with E-state index in [-0.39, 0.29) is 23.2 Å². The molecule has 1 rings (SSSR count). The van der Waals surface area contributed by atoms with Crippen LogP contribution < -0.4 is 0 Å². The molecule has 11 nitrogen and oxygen atoms in total. The van der Waals surface area contributed by atoms with Crippen molar-refractivity contribution >= 4 is 28.7 Å². The van der Waals surface area contributed by atoms with E-state index in [9.17, 15) is 0 Å². The Morgan fingerprint density at radius 2 is 1.21 bits per heavy atom. The smallest absolute Gasteiger partial charge is 0.101 e. The monoisotopic (exact) mass is 449 g/mol. The van der Waals surface area contributed by atoms with Gasteiger partial charge in [0.25, 0.3) is 0 Å². The molecule has 0 aliphatic heterocycles. The summed E-state index contributed by atoms with van der Waals surface area (Å²) < 4.78 is 0. The van der Waals surface area contributed by atoms with E-state index < -0.39 is 0 Å². The molecule has 0 saturated heterocycles. The van der Waals surface area contributed by atoms with Gasteiger partial charge < -0.3 is 26.2 Å². The summed E-state index contributed by atoms with van der Waals surface area (Å²) in [6.07, 6.45) is 4.98. The van der Waals surface area contributed by atoms with E-state index in [4.69, 9.17) is 31.5 Å². The van der Waals surface area contributed by atoms with E-state index in [1.807, 2.05) is 18.2 Å². The van der Waals surface area contributed by atoms with Crippen LogP contribution in [0.2, 0.25) is 0 Å². The van der Waals surface area contributed by atoms with Crippen molar-refractivity contribution in [1.29, 1.82) is 5.26 Å². The van der Waals surface area contributed by atoms with Gasteiger partial charge >= 0.3 is 0 Å². The Bertz CT molecular complexity index is 632. The van der Waals surface area contributed by atoms with E-state index in [1.165, 1.54) is 33.8 Å². The average Bonchev–Trinajstić information content (AvgIpc) is 2.77. The maximum atomic E-state index is 8.03. The first-order valence-corrected chi connectivity index (χ1v) is 7.54. The van der Waals surface area contributed by atoms with Crippen molar-refractivity contribution < 1.29 is 37.6 Å². The van der Waals surface area contributed by atoms with Crippen LogP contribution in [0.4, 0.5) is 0 Å². The number of allylic oxidation sites excluding steroid dienone is 1. The zero-order valence-corrected chi connectivity index (χ0v) is 17.5. The summed E-state index contributed by atoms with van der Waals surface area (Å²) in [6, 6.07) is 7.51. The molecule has 12 heteroatoms. The number of hydrogen-bond acceptors (Lipinski definition) is 10. The summed E-state index contributed by atoms with van der Waals surface area (Å²) in [6.45, 7) is 6.15. The van der Waals surface area contributed by atoms with E-state index >= 15 is 0 Å². The molecule has 29 heavy (non-hydrogen) atoms. The zero-order valence-electron chi connectivity index (χ0n) is 16.4. The first-order valence-electron chi connectivity index (χ1n) is 7.54. The van der Waals surface area contributed by atoms with Gasteiger partial charge in [-0.05, 0) is 39.8 Å². The van der Waals surface area contributed by atoms with Gasteiger partial charge in [0.2, 0.25) is 0 Å². The summed E-state index contributed by atoms with van der Waals surface area (Å²) in [5, 5.41) is 58.8. The van der Waals surface area contributed by atoms with E-state index in [0.29, 0.717) is 22.8 Å². The Balaban J connectivity index is -0.000000143. The molecule has 0 amide bonds. The number of rotatable bonds is 3. The number of aromatic nitrogens is 1. The number of pyridine rings is 1. The molecule has 0 bridgehead atoms. The molecule has 0 saturated carbocycles. The minimum Gasteiger partial charge on any atom is -0.764 e. The van der Waals surface area contributed by atoms with Gasteiger partial charge in [0.05, 0.1) is 12.5 Å². The van der Waals surface area contributed by atoms with Crippen LogP contribution in [0.25, 0.3) is 5.41 Å². The van der Waals surface area contributed by atoms with Crippen molar-refractivity contribution in [2.45, 2.75) is 34.1 Å². The van der Waals surface area contributed by atoms with Gasteiger partial charge in [0.1, 0.15) is 22.8 Å². The van der Waals surface area contributed by atoms with Crippen LogP contribution in [-0.4, -0.2) is 54.5 Å². The van der Waals surface area contributed by atoms with Crippen LogP contribution in [0, 0.1) is 11.3 Å². The predicted molar refractivity (Wildman–Crippen MR) is 107 cm³/mol. The fourth-order valence-corrected chi connectivity index (χ4v) is 0.693. The number of nitrogens with zero attached hydrogens (tertiary/aromatic N) is 7. The molecule has 1 heterocycles. The van der Waals surface area contributed by atoms with Crippen molar-refractivity contribution in [3.8, 4) is 6.07 Å². The average molecular weight is 449 g/mol. The van der Waals surface area contributed by atoms with E-state index in [1.54, 1.807) is 24.3 Å². The molecule has 0 atom stereocenters. The topological polar surface area (TPSA) is 189 Å². The van der Waals surface area contributed by atoms with Crippen molar-refractivity contribution in [3.63, 3.8) is 0 Å². The van der Waals surface area contributed by atoms with Crippen LogP contribution in [-0.2, 0) is 16.8 Å². The maximum Gasteiger partial charge on any atom is 0.101 e. The minimum absolute atomic E-state index is 0. The Hall–Kier alpha value is -3.52. The molecule has 161 valence electrons. The molecule has 0 fully saturated rings. The fourth-order valence-electron chi connectivity index (χ4n) is 0.693. The van der Waals surface area contributed by atoms with Gasteiger partial charge in [-0.15, -0.1) is 0 Å². The molecule has 1 radical (unpaired) electrons. The predicted octanol–water partition coefficient (Wildman–Crippen LogP) is 3.15. The van der Waals surface area contributed by atoms with Crippen LogP contribution >= 0.6 is 0 Å². The summed E-state index contributed by atoms with van der Waals surface area (Å²) in [7, 11) is 0. The molecule has 0 aromatic carbocycles. The number of nitriles is 1. The van der Waals surface area contributed by atoms with Crippen molar-refractivity contribution in [1.82, 2.24) is 4.98 Å². The third-order valence-corrected chi connectivity index (χ3v) is 2.50. The van der Waals surface area contributed by atoms with Gasteiger partial charge in [-0.25, -0.2) is 0 Å². The van der Waals surface area contributed by atoms with Gasteiger partial charge in [0.15, 0.2) is 0 Å². The molecule has 1 aromatic rings. The van der Waals surface area contributed by atoms with Crippen LogP contribution in [0.1, 0.15) is 34.1 Å². The van der Waals surface area contributed by atoms with Crippen molar-refractivity contribution in [3.05, 3.63) is 42.1 Å². The Morgan fingerprint density at radius 3 is 1.31 bits per heavy atom. The second kappa shape index (κ2) is 26.7. The second-order valence-corrected chi connectivity index (χ2v) is 4.46. The standard InChI is InChI=1S/C5H5N.2C4H8N2O2.C4H3N2.Co/c1-2-4-6-5-3-1;2*1-3(5-7)4(2)6-8;5-3-1-2-4-6;/h1-5H;2*7-8H,1-2H3;1H,2H2;/q;;;-1;/b;2*5-3+,6-4+;;. The van der Waals surface area contributed by atoms with Gasteiger partial charge in [-0.2, -0.15) is 5.26 Å². The van der Waals surface area contributed by atoms with Gasteiger partial charge in [-0.1, -0.05) is 32.8 Å². The Kier molecular flexibility index (Phi) is 30.5. The molecule has 0 aliphatic rings. The zero-order chi connectivity index (χ0) is 22.2. The largest absolute Gasteiger partial charge is 0.764 e. The maximum absolute atomic E-state index is 8.03. The SMILES string of the molecule is CC(=N\O)/C(C)=N/O.CC(=N\O)/C(C)=N/O.N#CCC=C=[N-].[Co].c1ccncc1. The van der Waals surface area contributed by atoms with Crippen LogP contribution in [0.15, 0.2) is 57.3 Å². The minimum atomic E-state index is 0. The molecule has 0 unspecified atom stereocenters. The molecule has 4 N–H and O–H groups in total. The number of oxime groups is 4. The third-order valence-electron chi connectivity index (χ3n) is 2.50. The quantitative estimate of drug-likeness (QED) is 0.311. The van der Waals surface area contributed by atoms with Gasteiger partial charge in [-0.3, -0.25) is 10.9 Å². The van der Waals surface area contributed by atoms with E-state index in [0.717, 1.165) is 0 Å². The molecule has 0 spiro atoms. The first-order chi connectivity index (χ1) is 13.4. The molecular formula is C17H24CoN7O4-. The van der Waals surface area contributed by atoms with Gasteiger partial charge in [0, 0.05) is 29.2 Å². The number of hydrogen-bond donors (Lipinski definition) is 4. The Labute approximate surface area is 179 Å². The van der Waals surface area contributed by atoms with Crippen LogP contribution in [0.3, 0.4) is 0 Å². The summed E-state index contributed by atoms with van der Waals surface area (Å²) in [5.41, 5.74) is 1.25. The molecule has 1 aromatic heterocycles. The fraction of sp³-hybridized carbons (Fsp3) is 0.294. The molecule has 0 aliphatic carbocycles. The third kappa shape index (κ3) is 26.8. The van der Waals surface area contributed by atoms with Crippen molar-refractivity contribution in [2.24, 2.45) is 20.6 Å². The summed E-state index contributed by atoms with van der Waals surface area (Å²) in [5.74, 6) is 1.72. The normalized spacial score (nSPS) is 10.6. The summed E-state index contributed by atoms with van der Waals surface area (Å²) in [4.78, 5) is 3.78. The summed E-state index contributed by atoms with van der Waals surface area (Å²) >= 11 is 0. The first kappa shape index (κ1) is 33.1. The molecular weight excluding hydrogens is 425 g/mol. The van der Waals surface area contributed by atoms with Crippen molar-refractivity contribution in [2.75, 3.05) is 0 Å².